The minimum absolute atomic E-state index is 0.389. The van der Waals surface area contributed by atoms with E-state index in [4.69, 9.17) is 17.3 Å². The Hall–Kier alpha value is -2.24. The molecule has 0 amide bonds. The Labute approximate surface area is 126 Å². The monoisotopic (exact) mass is 302 g/mol. The summed E-state index contributed by atoms with van der Waals surface area (Å²) in [5.41, 5.74) is 7.93. The van der Waals surface area contributed by atoms with Gasteiger partial charge in [0.25, 0.3) is 0 Å². The molecule has 6 heteroatoms. The minimum Gasteiger partial charge on any atom is -0.319 e. The summed E-state index contributed by atoms with van der Waals surface area (Å²) in [6, 6.07) is 12.9. The Bertz CT molecular complexity index is 757. The molecule has 1 atom stereocenters. The van der Waals surface area contributed by atoms with E-state index in [1.165, 1.54) is 23.0 Å². The standard InChI is InChI=1S/C15H12ClFN4/c16-13-7-6-10(17)8-12(13)15(18)14-9-19-21(20-14)11-4-2-1-3-5-11/h1-9,15H,18H2. The van der Waals surface area contributed by atoms with E-state index < -0.39 is 6.04 Å². The van der Waals surface area contributed by atoms with Gasteiger partial charge < -0.3 is 5.73 Å². The van der Waals surface area contributed by atoms with Crippen LogP contribution in [0, 0.1) is 5.82 Å². The van der Waals surface area contributed by atoms with Gasteiger partial charge in [0, 0.05) is 5.02 Å². The van der Waals surface area contributed by atoms with Crippen molar-refractivity contribution in [1.82, 2.24) is 15.0 Å². The third-order valence-corrected chi connectivity index (χ3v) is 3.45. The summed E-state index contributed by atoms with van der Waals surface area (Å²) < 4.78 is 13.3. The Morgan fingerprint density at radius 2 is 1.90 bits per heavy atom. The van der Waals surface area contributed by atoms with Crippen molar-refractivity contribution in [2.45, 2.75) is 6.04 Å². The zero-order chi connectivity index (χ0) is 14.8. The molecule has 3 aromatic rings. The summed E-state index contributed by atoms with van der Waals surface area (Å²) in [6.07, 6.45) is 1.55. The first-order valence-corrected chi connectivity index (χ1v) is 6.71. The average molecular weight is 303 g/mol. The van der Waals surface area contributed by atoms with Crippen LogP contribution in [0.4, 0.5) is 4.39 Å². The van der Waals surface area contributed by atoms with Gasteiger partial charge in [-0.25, -0.2) is 4.39 Å². The van der Waals surface area contributed by atoms with Gasteiger partial charge in [-0.1, -0.05) is 29.8 Å². The summed E-state index contributed by atoms with van der Waals surface area (Å²) in [7, 11) is 0. The maximum absolute atomic E-state index is 13.3. The van der Waals surface area contributed by atoms with Gasteiger partial charge >= 0.3 is 0 Å². The number of benzene rings is 2. The molecule has 0 aliphatic heterocycles. The van der Waals surface area contributed by atoms with E-state index in [1.807, 2.05) is 30.3 Å². The SMILES string of the molecule is NC(c1cnn(-c2ccccc2)n1)c1cc(F)ccc1Cl. The third-order valence-electron chi connectivity index (χ3n) is 3.11. The number of para-hydroxylation sites is 1. The molecule has 1 aromatic heterocycles. The van der Waals surface area contributed by atoms with E-state index >= 15 is 0 Å². The highest BCUT2D eigenvalue weighted by Crippen LogP contribution is 2.26. The second-order valence-electron chi connectivity index (χ2n) is 4.54. The first-order valence-electron chi connectivity index (χ1n) is 6.33. The molecule has 0 aliphatic rings. The van der Waals surface area contributed by atoms with Crippen LogP contribution in [0.5, 0.6) is 0 Å². The van der Waals surface area contributed by atoms with E-state index in [0.29, 0.717) is 16.3 Å². The summed E-state index contributed by atoms with van der Waals surface area (Å²) in [4.78, 5) is 1.47. The fourth-order valence-corrected chi connectivity index (χ4v) is 2.25. The number of hydrogen-bond donors (Lipinski definition) is 1. The Balaban J connectivity index is 1.94. The first kappa shape index (κ1) is 13.7. The van der Waals surface area contributed by atoms with Crippen LogP contribution in [-0.2, 0) is 0 Å². The zero-order valence-corrected chi connectivity index (χ0v) is 11.7. The lowest BCUT2D eigenvalue weighted by molar-refractivity contribution is 0.622. The van der Waals surface area contributed by atoms with Gasteiger partial charge in [-0.15, -0.1) is 0 Å². The Kier molecular flexibility index (Phi) is 3.68. The molecule has 1 heterocycles. The van der Waals surface area contributed by atoms with Crippen molar-refractivity contribution in [2.24, 2.45) is 5.73 Å². The largest absolute Gasteiger partial charge is 0.319 e. The molecular weight excluding hydrogens is 291 g/mol. The van der Waals surface area contributed by atoms with Gasteiger partial charge in [-0.05, 0) is 35.9 Å². The van der Waals surface area contributed by atoms with E-state index in [9.17, 15) is 4.39 Å². The highest BCUT2D eigenvalue weighted by molar-refractivity contribution is 6.31. The van der Waals surface area contributed by atoms with Crippen molar-refractivity contribution in [1.29, 1.82) is 0 Å². The maximum Gasteiger partial charge on any atom is 0.123 e. The van der Waals surface area contributed by atoms with Crippen LogP contribution in [0.25, 0.3) is 5.69 Å². The fraction of sp³-hybridized carbons (Fsp3) is 0.0667. The molecular formula is C15H12ClFN4. The normalized spacial score (nSPS) is 12.3. The summed E-state index contributed by atoms with van der Waals surface area (Å²) in [6.45, 7) is 0. The fourth-order valence-electron chi connectivity index (χ4n) is 2.02. The van der Waals surface area contributed by atoms with Gasteiger partial charge in [-0.3, -0.25) is 0 Å². The molecule has 21 heavy (non-hydrogen) atoms. The second-order valence-corrected chi connectivity index (χ2v) is 4.95. The number of nitrogens with two attached hydrogens (primary N) is 1. The van der Waals surface area contributed by atoms with Gasteiger partial charge in [0.1, 0.15) is 11.5 Å². The Morgan fingerprint density at radius 3 is 2.67 bits per heavy atom. The molecule has 2 N–H and O–H groups in total. The second kappa shape index (κ2) is 5.63. The predicted molar refractivity (Wildman–Crippen MR) is 78.8 cm³/mol. The van der Waals surface area contributed by atoms with Gasteiger partial charge in [-0.2, -0.15) is 15.0 Å². The molecule has 0 saturated carbocycles. The van der Waals surface area contributed by atoms with Crippen molar-refractivity contribution < 1.29 is 4.39 Å². The van der Waals surface area contributed by atoms with E-state index in [2.05, 4.69) is 10.2 Å². The summed E-state index contributed by atoms with van der Waals surface area (Å²) in [5, 5.41) is 8.90. The molecule has 0 bridgehead atoms. The molecule has 0 spiro atoms. The van der Waals surface area contributed by atoms with Gasteiger partial charge in [0.2, 0.25) is 0 Å². The number of halogens is 2. The van der Waals surface area contributed by atoms with Crippen LogP contribution in [-0.4, -0.2) is 15.0 Å². The summed E-state index contributed by atoms with van der Waals surface area (Å²) >= 11 is 6.06. The molecule has 0 fully saturated rings. The third kappa shape index (κ3) is 2.79. The predicted octanol–water partition coefficient (Wildman–Crippen LogP) is 3.11. The lowest BCUT2D eigenvalue weighted by atomic mass is 10.1. The number of aromatic nitrogens is 3. The molecule has 0 saturated heterocycles. The molecule has 106 valence electrons. The molecule has 4 nitrogen and oxygen atoms in total. The van der Waals surface area contributed by atoms with E-state index in [1.54, 1.807) is 6.20 Å². The smallest absolute Gasteiger partial charge is 0.123 e. The van der Waals surface area contributed by atoms with Crippen molar-refractivity contribution in [3.8, 4) is 5.69 Å². The van der Waals surface area contributed by atoms with E-state index in [-0.39, 0.29) is 5.82 Å². The van der Waals surface area contributed by atoms with Crippen molar-refractivity contribution in [2.75, 3.05) is 0 Å². The molecule has 1 unspecified atom stereocenters. The maximum atomic E-state index is 13.3. The number of rotatable bonds is 3. The number of nitrogens with zero attached hydrogens (tertiary/aromatic N) is 3. The number of hydrogen-bond acceptors (Lipinski definition) is 3. The molecule has 2 aromatic carbocycles. The summed E-state index contributed by atoms with van der Waals surface area (Å²) in [5.74, 6) is -0.389. The zero-order valence-electron chi connectivity index (χ0n) is 10.9. The van der Waals surface area contributed by atoms with Crippen LogP contribution in [0.15, 0.2) is 54.7 Å². The molecule has 0 aliphatic carbocycles. The van der Waals surface area contributed by atoms with Crippen molar-refractivity contribution in [3.05, 3.63) is 76.8 Å². The van der Waals surface area contributed by atoms with Gasteiger partial charge in [0.05, 0.1) is 17.9 Å². The average Bonchev–Trinajstić information content (AvgIpc) is 3.00. The highest BCUT2D eigenvalue weighted by Gasteiger charge is 2.17. The van der Waals surface area contributed by atoms with Gasteiger partial charge in [0.15, 0.2) is 0 Å². The highest BCUT2D eigenvalue weighted by atomic mass is 35.5. The minimum atomic E-state index is -0.634. The van der Waals surface area contributed by atoms with E-state index in [0.717, 1.165) is 5.69 Å². The van der Waals surface area contributed by atoms with Crippen LogP contribution in [0.2, 0.25) is 5.02 Å². The topological polar surface area (TPSA) is 56.7 Å². The van der Waals surface area contributed by atoms with Crippen LogP contribution < -0.4 is 5.73 Å². The van der Waals surface area contributed by atoms with Crippen molar-refractivity contribution in [3.63, 3.8) is 0 Å². The molecule has 0 radical (unpaired) electrons. The molecule has 3 rings (SSSR count). The van der Waals surface area contributed by atoms with Crippen LogP contribution >= 0.6 is 11.6 Å². The first-order chi connectivity index (χ1) is 10.1. The van der Waals surface area contributed by atoms with Crippen molar-refractivity contribution >= 4 is 11.6 Å². The van der Waals surface area contributed by atoms with Crippen LogP contribution in [0.3, 0.4) is 0 Å². The quantitative estimate of drug-likeness (QED) is 0.809. The van der Waals surface area contributed by atoms with Crippen LogP contribution in [0.1, 0.15) is 17.3 Å². The lowest BCUT2D eigenvalue weighted by Gasteiger charge is -2.10. The lowest BCUT2D eigenvalue weighted by Crippen LogP contribution is -2.14. The Morgan fingerprint density at radius 1 is 1.14 bits per heavy atom.